The van der Waals surface area contributed by atoms with Crippen LogP contribution in [0.1, 0.15) is 88.5 Å². The zero-order valence-corrected chi connectivity index (χ0v) is 29.1. The molecule has 0 spiro atoms. The average Bonchev–Trinajstić information content (AvgIpc) is 3.44. The lowest BCUT2D eigenvalue weighted by molar-refractivity contribution is -0.303. The number of fused-ring (bicyclic) bond motifs is 2. The zero-order valence-electron chi connectivity index (χ0n) is 29.1. The third-order valence-electron chi connectivity index (χ3n) is 11.3. The van der Waals surface area contributed by atoms with E-state index in [2.05, 4.69) is 18.7 Å². The van der Waals surface area contributed by atoms with E-state index in [4.69, 9.17) is 33.2 Å². The van der Waals surface area contributed by atoms with Crippen molar-refractivity contribution in [3.8, 4) is 0 Å². The van der Waals surface area contributed by atoms with E-state index in [0.717, 1.165) is 13.1 Å². The van der Waals surface area contributed by atoms with Crippen molar-refractivity contribution in [1.82, 2.24) is 4.90 Å². The van der Waals surface area contributed by atoms with Gasteiger partial charge in [0, 0.05) is 31.0 Å². The lowest BCUT2D eigenvalue weighted by Crippen LogP contribution is -2.61. The molecule has 5 saturated heterocycles. The number of carbonyl (C=O) groups is 1. The van der Waals surface area contributed by atoms with E-state index in [1.807, 2.05) is 48.5 Å². The second-order valence-corrected chi connectivity index (χ2v) is 15.4. The number of hydrogen-bond acceptors (Lipinski definition) is 11. The maximum atomic E-state index is 13.8. The number of nitrogens with zero attached hydrogens (tertiary/aromatic N) is 1. The molecule has 0 aromatic heterocycles. The summed E-state index contributed by atoms with van der Waals surface area (Å²) in [6, 6.07) is -0.144. The standard InChI is InChI=1S/C34H59NO10/c1-11-24-34(10,45-32(7,8)43-24)29-22(6)27-18(2)17-33(9,44-27)28(20(4)25(36)21(5)30(38)41-29)42-31-26(37)23(16-19(3)40-31)35-12-14-39-15-13-35/h18-29,31,36-37H,11-17H2,1-10H3/t18?,19?,20-,21+,22-,23?,24+,25-,26?,27?,28+,29+,31-,33+,34+/m0/s1. The van der Waals surface area contributed by atoms with E-state index in [1.54, 1.807) is 6.92 Å². The molecule has 5 aliphatic heterocycles. The first-order valence-corrected chi connectivity index (χ1v) is 17.3. The first-order chi connectivity index (χ1) is 21.0. The van der Waals surface area contributed by atoms with Crippen LogP contribution in [0.2, 0.25) is 0 Å². The number of carbonyl (C=O) groups excluding carboxylic acids is 1. The highest BCUT2D eigenvalue weighted by Crippen LogP contribution is 2.50. The number of hydrogen-bond donors (Lipinski definition) is 2. The monoisotopic (exact) mass is 641 g/mol. The number of aliphatic hydroxyl groups is 2. The van der Waals surface area contributed by atoms with Crippen LogP contribution in [0.15, 0.2) is 0 Å². The number of morpholine rings is 1. The van der Waals surface area contributed by atoms with Crippen LogP contribution in [0, 0.1) is 23.7 Å². The molecule has 5 rings (SSSR count). The summed E-state index contributed by atoms with van der Waals surface area (Å²) >= 11 is 0. The first kappa shape index (κ1) is 35.4. The van der Waals surface area contributed by atoms with Gasteiger partial charge < -0.3 is 43.4 Å². The Labute approximate surface area is 269 Å². The Kier molecular flexibility index (Phi) is 10.4. The van der Waals surface area contributed by atoms with Crippen LogP contribution in [0.25, 0.3) is 0 Å². The minimum atomic E-state index is -1.11. The third kappa shape index (κ3) is 6.72. The fourth-order valence-corrected chi connectivity index (χ4v) is 9.15. The van der Waals surface area contributed by atoms with Gasteiger partial charge >= 0.3 is 5.97 Å². The maximum absolute atomic E-state index is 13.8. The van der Waals surface area contributed by atoms with Crippen LogP contribution >= 0.6 is 0 Å². The minimum Gasteiger partial charge on any atom is -0.459 e. The lowest BCUT2D eigenvalue weighted by atomic mass is 9.76. The molecule has 45 heavy (non-hydrogen) atoms. The van der Waals surface area contributed by atoms with Gasteiger partial charge in [0.1, 0.15) is 17.8 Å². The first-order valence-electron chi connectivity index (χ1n) is 17.3. The SMILES string of the molecule is CC[C@H]1OC(C)(C)O[C@@]1(C)[C@@H]1OC(=O)[C@H](C)[C@@H](O)[C@H](C)[C@@H](O[C@@H]2OC(C)CC(N3CCOCC3)C2O)[C@@]2(C)CC(C)C(O2)[C@@H]1C. The Balaban J connectivity index is 1.48. The average molecular weight is 642 g/mol. The van der Waals surface area contributed by atoms with Crippen molar-refractivity contribution in [2.45, 2.75) is 161 Å². The van der Waals surface area contributed by atoms with Crippen molar-refractivity contribution in [2.24, 2.45) is 23.7 Å². The highest BCUT2D eigenvalue weighted by Gasteiger charge is 2.61. The van der Waals surface area contributed by atoms with Crippen LogP contribution in [0.4, 0.5) is 0 Å². The Hall–Kier alpha value is -0.890. The van der Waals surface area contributed by atoms with Crippen LogP contribution in [0.5, 0.6) is 0 Å². The van der Waals surface area contributed by atoms with Gasteiger partial charge in [0.2, 0.25) is 0 Å². The van der Waals surface area contributed by atoms with Crippen LogP contribution in [-0.2, 0) is 38.0 Å². The van der Waals surface area contributed by atoms with Gasteiger partial charge in [0.25, 0.3) is 0 Å². The fourth-order valence-electron chi connectivity index (χ4n) is 9.15. The van der Waals surface area contributed by atoms with Crippen molar-refractivity contribution in [2.75, 3.05) is 26.3 Å². The molecule has 260 valence electrons. The summed E-state index contributed by atoms with van der Waals surface area (Å²) in [4.78, 5) is 16.1. The van der Waals surface area contributed by atoms with Crippen molar-refractivity contribution >= 4 is 5.97 Å². The molecule has 5 aliphatic rings. The molecule has 2 N–H and O–H groups in total. The fraction of sp³-hybridized carbons (Fsp3) is 0.971. The molecule has 5 unspecified atom stereocenters. The van der Waals surface area contributed by atoms with E-state index in [0.29, 0.717) is 32.5 Å². The third-order valence-corrected chi connectivity index (χ3v) is 11.3. The molecule has 11 heteroatoms. The topological polar surface area (TPSA) is 125 Å². The van der Waals surface area contributed by atoms with Gasteiger partial charge in [0.15, 0.2) is 12.1 Å². The smallest absolute Gasteiger partial charge is 0.311 e. The number of esters is 1. The van der Waals surface area contributed by atoms with E-state index in [-0.39, 0.29) is 36.2 Å². The number of cyclic esters (lactones) is 1. The van der Waals surface area contributed by atoms with E-state index < -0.39 is 65.5 Å². The molecule has 0 aromatic rings. The van der Waals surface area contributed by atoms with Gasteiger partial charge in [-0.25, -0.2) is 0 Å². The predicted molar refractivity (Wildman–Crippen MR) is 165 cm³/mol. The van der Waals surface area contributed by atoms with Crippen molar-refractivity contribution in [3.63, 3.8) is 0 Å². The molecular formula is C34H59NO10. The van der Waals surface area contributed by atoms with Gasteiger partial charge in [-0.15, -0.1) is 0 Å². The van der Waals surface area contributed by atoms with Crippen LogP contribution in [-0.4, -0.2) is 119 Å². The van der Waals surface area contributed by atoms with Crippen molar-refractivity contribution in [3.05, 3.63) is 0 Å². The summed E-state index contributed by atoms with van der Waals surface area (Å²) < 4.78 is 44.8. The van der Waals surface area contributed by atoms with E-state index >= 15 is 0 Å². The van der Waals surface area contributed by atoms with Gasteiger partial charge in [0.05, 0.1) is 55.3 Å². The molecule has 5 fully saturated rings. The summed E-state index contributed by atoms with van der Waals surface area (Å²) in [7, 11) is 0. The number of aliphatic hydroxyl groups excluding tert-OH is 2. The highest BCUT2D eigenvalue weighted by atomic mass is 16.8. The van der Waals surface area contributed by atoms with Gasteiger partial charge in [-0.3, -0.25) is 9.69 Å². The number of ether oxygens (including phenoxy) is 7. The van der Waals surface area contributed by atoms with Crippen molar-refractivity contribution in [1.29, 1.82) is 0 Å². The van der Waals surface area contributed by atoms with Gasteiger partial charge in [-0.1, -0.05) is 27.7 Å². The molecule has 15 atom stereocenters. The van der Waals surface area contributed by atoms with Gasteiger partial charge in [-0.05, 0) is 66.7 Å². The maximum Gasteiger partial charge on any atom is 0.311 e. The number of rotatable bonds is 5. The molecular weight excluding hydrogens is 582 g/mol. The normalized spacial score (nSPS) is 51.5. The summed E-state index contributed by atoms with van der Waals surface area (Å²) in [5, 5.41) is 23.4. The van der Waals surface area contributed by atoms with Crippen LogP contribution < -0.4 is 0 Å². The van der Waals surface area contributed by atoms with Crippen molar-refractivity contribution < 1.29 is 48.2 Å². The molecule has 0 radical (unpaired) electrons. The summed E-state index contributed by atoms with van der Waals surface area (Å²) in [5.74, 6) is -2.93. The molecule has 0 amide bonds. The van der Waals surface area contributed by atoms with Crippen LogP contribution in [0.3, 0.4) is 0 Å². The molecule has 0 aliphatic carbocycles. The Morgan fingerprint density at radius 3 is 2.27 bits per heavy atom. The Bertz CT molecular complexity index is 1040. The van der Waals surface area contributed by atoms with Gasteiger partial charge in [-0.2, -0.15) is 0 Å². The Morgan fingerprint density at radius 2 is 1.62 bits per heavy atom. The molecule has 0 aromatic carbocycles. The molecule has 5 heterocycles. The lowest BCUT2D eigenvalue weighted by Gasteiger charge is -2.48. The summed E-state index contributed by atoms with van der Waals surface area (Å²) in [6.45, 7) is 22.3. The molecule has 11 nitrogen and oxygen atoms in total. The minimum absolute atomic E-state index is 0.0784. The summed E-state index contributed by atoms with van der Waals surface area (Å²) in [5.41, 5.74) is -1.77. The highest BCUT2D eigenvalue weighted by molar-refractivity contribution is 5.73. The predicted octanol–water partition coefficient (Wildman–Crippen LogP) is 3.27. The molecule has 0 saturated carbocycles. The largest absolute Gasteiger partial charge is 0.459 e. The second-order valence-electron chi connectivity index (χ2n) is 15.4. The second kappa shape index (κ2) is 13.2. The molecule has 2 bridgehead atoms. The van der Waals surface area contributed by atoms with E-state index in [1.165, 1.54) is 0 Å². The quantitative estimate of drug-likeness (QED) is 0.430. The Morgan fingerprint density at radius 1 is 0.956 bits per heavy atom. The van der Waals surface area contributed by atoms with E-state index in [9.17, 15) is 15.0 Å². The summed E-state index contributed by atoms with van der Waals surface area (Å²) in [6.07, 6.45) is -3.03. The zero-order chi connectivity index (χ0) is 33.1.